The van der Waals surface area contributed by atoms with Crippen LogP contribution in [0.2, 0.25) is 0 Å². The minimum atomic E-state index is -0.671. The van der Waals surface area contributed by atoms with Gasteiger partial charge in [0.25, 0.3) is 0 Å². The van der Waals surface area contributed by atoms with Gasteiger partial charge in [-0.15, -0.1) is 6.58 Å². The Morgan fingerprint density at radius 2 is 2.19 bits per heavy atom. The van der Waals surface area contributed by atoms with E-state index in [2.05, 4.69) is 11.9 Å². The van der Waals surface area contributed by atoms with E-state index in [1.807, 2.05) is 13.8 Å². The van der Waals surface area contributed by atoms with Crippen molar-refractivity contribution < 1.29 is 19.3 Å². The van der Waals surface area contributed by atoms with E-state index in [1.165, 1.54) is 0 Å². The summed E-state index contributed by atoms with van der Waals surface area (Å²) in [6.07, 6.45) is -0.0145. The van der Waals surface area contributed by atoms with Gasteiger partial charge in [0.05, 0.1) is 0 Å². The van der Waals surface area contributed by atoms with Crippen LogP contribution in [0.5, 0.6) is 0 Å². The molecule has 2 heterocycles. The van der Waals surface area contributed by atoms with E-state index >= 15 is 0 Å². The second kappa shape index (κ2) is 4.43. The molecule has 2 N–H and O–H groups in total. The average Bonchev–Trinajstić information content (AvgIpc) is 2.63. The smallest absolute Gasteiger partial charge is 0.190 e. The molecule has 92 valence electrons. The molecule has 0 aliphatic carbocycles. The van der Waals surface area contributed by atoms with Gasteiger partial charge in [-0.1, -0.05) is 6.08 Å². The van der Waals surface area contributed by atoms with E-state index in [1.54, 1.807) is 6.08 Å². The monoisotopic (exact) mass is 229 g/mol. The highest BCUT2D eigenvalue weighted by Crippen LogP contribution is 2.37. The third kappa shape index (κ3) is 2.28. The molecule has 2 aliphatic rings. The predicted octanol–water partition coefficient (Wildman–Crippen LogP) is -0.000700. The van der Waals surface area contributed by atoms with Gasteiger partial charge < -0.3 is 24.6 Å². The molecular weight excluding hydrogens is 210 g/mol. The van der Waals surface area contributed by atoms with Crippen LogP contribution >= 0.6 is 0 Å². The lowest BCUT2D eigenvalue weighted by molar-refractivity contribution is -0.214. The van der Waals surface area contributed by atoms with E-state index < -0.39 is 18.2 Å². The Labute approximate surface area is 95.4 Å². The zero-order valence-electron chi connectivity index (χ0n) is 9.68. The number of aliphatic hydroxyl groups excluding tert-OH is 1. The van der Waals surface area contributed by atoms with Crippen LogP contribution in [0.3, 0.4) is 0 Å². The highest BCUT2D eigenvalue weighted by atomic mass is 16.8. The van der Waals surface area contributed by atoms with Crippen molar-refractivity contribution in [1.82, 2.24) is 5.32 Å². The Hall–Kier alpha value is -0.460. The first-order valence-electron chi connectivity index (χ1n) is 5.54. The van der Waals surface area contributed by atoms with Gasteiger partial charge in [0, 0.05) is 13.1 Å². The van der Waals surface area contributed by atoms with Gasteiger partial charge in [0.15, 0.2) is 12.1 Å². The van der Waals surface area contributed by atoms with Crippen molar-refractivity contribution >= 4 is 0 Å². The summed E-state index contributed by atoms with van der Waals surface area (Å²) in [6, 6.07) is 0. The molecule has 5 heteroatoms. The van der Waals surface area contributed by atoms with Crippen molar-refractivity contribution in [1.29, 1.82) is 0 Å². The summed E-state index contributed by atoms with van der Waals surface area (Å²) < 4.78 is 16.7. The number of nitrogens with one attached hydrogen (secondary N) is 1. The summed E-state index contributed by atoms with van der Waals surface area (Å²) in [5.41, 5.74) is 0. The minimum Gasteiger partial charge on any atom is -0.387 e. The van der Waals surface area contributed by atoms with Crippen LogP contribution < -0.4 is 5.32 Å². The minimum absolute atomic E-state index is 0.286. The molecule has 5 nitrogen and oxygen atoms in total. The Morgan fingerprint density at radius 3 is 2.81 bits per heavy atom. The Balaban J connectivity index is 1.87. The number of rotatable bonds is 4. The van der Waals surface area contributed by atoms with Gasteiger partial charge in [-0.2, -0.15) is 0 Å². The fraction of sp³-hybridized carbons (Fsp3) is 0.818. The molecule has 2 fully saturated rings. The van der Waals surface area contributed by atoms with Gasteiger partial charge in [-0.05, 0) is 13.8 Å². The van der Waals surface area contributed by atoms with Crippen molar-refractivity contribution in [2.45, 2.75) is 44.2 Å². The lowest BCUT2D eigenvalue weighted by Gasteiger charge is -2.23. The van der Waals surface area contributed by atoms with Gasteiger partial charge >= 0.3 is 0 Å². The maximum atomic E-state index is 9.99. The second-order valence-electron chi connectivity index (χ2n) is 4.58. The molecule has 0 aromatic heterocycles. The van der Waals surface area contributed by atoms with Crippen molar-refractivity contribution in [3.05, 3.63) is 12.7 Å². The number of aliphatic hydroxyl groups is 1. The van der Waals surface area contributed by atoms with E-state index in [0.29, 0.717) is 13.1 Å². The maximum absolute atomic E-state index is 9.99. The van der Waals surface area contributed by atoms with Crippen molar-refractivity contribution in [2.24, 2.45) is 0 Å². The molecular formula is C11H19NO4. The number of ether oxygens (including phenoxy) is 3. The molecule has 4 atom stereocenters. The second-order valence-corrected chi connectivity index (χ2v) is 4.58. The normalized spacial score (nSPS) is 40.9. The van der Waals surface area contributed by atoms with E-state index in [-0.39, 0.29) is 12.2 Å². The SMILES string of the molecule is C=CCNC[C@H]1O[C@H]2OC(C)(C)O[C@H]2[C@@H]1O. The van der Waals surface area contributed by atoms with Crippen molar-refractivity contribution in [3.8, 4) is 0 Å². The van der Waals surface area contributed by atoms with Crippen LogP contribution in [0.15, 0.2) is 12.7 Å². The maximum Gasteiger partial charge on any atom is 0.190 e. The first kappa shape index (κ1) is 12.0. The van der Waals surface area contributed by atoms with E-state index in [0.717, 1.165) is 0 Å². The van der Waals surface area contributed by atoms with Gasteiger partial charge in [0.2, 0.25) is 0 Å². The molecule has 16 heavy (non-hydrogen) atoms. The summed E-state index contributed by atoms with van der Waals surface area (Å²) in [7, 11) is 0. The fourth-order valence-corrected chi connectivity index (χ4v) is 2.05. The van der Waals surface area contributed by atoms with Crippen LogP contribution in [-0.4, -0.2) is 48.6 Å². The van der Waals surface area contributed by atoms with E-state index in [9.17, 15) is 5.11 Å². The topological polar surface area (TPSA) is 60.0 Å². The summed E-state index contributed by atoms with van der Waals surface area (Å²) in [5, 5.41) is 13.1. The molecule has 0 saturated carbocycles. The standard InChI is InChI=1S/C11H19NO4/c1-4-5-12-6-7-8(13)9-10(14-7)16-11(2,3)15-9/h4,7-10,12-13H,1,5-6H2,2-3H3/t7-,8-,9+,10+/m1/s1. The molecule has 0 amide bonds. The molecule has 0 bridgehead atoms. The van der Waals surface area contributed by atoms with Gasteiger partial charge in [-0.25, -0.2) is 0 Å². The third-order valence-corrected chi connectivity index (χ3v) is 2.75. The van der Waals surface area contributed by atoms with E-state index in [4.69, 9.17) is 14.2 Å². The Kier molecular flexibility index (Phi) is 3.32. The first-order chi connectivity index (χ1) is 7.53. The zero-order valence-corrected chi connectivity index (χ0v) is 9.68. The van der Waals surface area contributed by atoms with Gasteiger partial charge in [0.1, 0.15) is 18.3 Å². The van der Waals surface area contributed by atoms with Crippen molar-refractivity contribution in [2.75, 3.05) is 13.1 Å². The largest absolute Gasteiger partial charge is 0.387 e. The Bertz CT molecular complexity index is 269. The third-order valence-electron chi connectivity index (χ3n) is 2.75. The molecule has 2 rings (SSSR count). The highest BCUT2D eigenvalue weighted by Gasteiger charge is 2.53. The Morgan fingerprint density at radius 1 is 1.44 bits per heavy atom. The van der Waals surface area contributed by atoms with Crippen LogP contribution in [0.1, 0.15) is 13.8 Å². The first-order valence-corrected chi connectivity index (χ1v) is 5.54. The molecule has 2 saturated heterocycles. The number of hydrogen-bond donors (Lipinski definition) is 2. The molecule has 0 radical (unpaired) electrons. The van der Waals surface area contributed by atoms with Crippen molar-refractivity contribution in [3.63, 3.8) is 0 Å². The fourth-order valence-electron chi connectivity index (χ4n) is 2.05. The molecule has 0 spiro atoms. The van der Waals surface area contributed by atoms with Gasteiger partial charge in [-0.3, -0.25) is 0 Å². The molecule has 2 aliphatic heterocycles. The zero-order chi connectivity index (χ0) is 11.8. The number of hydrogen-bond acceptors (Lipinski definition) is 5. The summed E-state index contributed by atoms with van der Waals surface area (Å²) in [5.74, 6) is -0.671. The lowest BCUT2D eigenvalue weighted by atomic mass is 10.1. The van der Waals surface area contributed by atoms with Crippen LogP contribution in [0, 0.1) is 0 Å². The van der Waals surface area contributed by atoms with Crippen LogP contribution in [0.25, 0.3) is 0 Å². The summed E-state index contributed by atoms with van der Waals surface area (Å²) in [6.45, 7) is 8.48. The summed E-state index contributed by atoms with van der Waals surface area (Å²) in [4.78, 5) is 0. The average molecular weight is 229 g/mol. The highest BCUT2D eigenvalue weighted by molar-refractivity contribution is 4.93. The lowest BCUT2D eigenvalue weighted by Crippen LogP contribution is -2.39. The quantitative estimate of drug-likeness (QED) is 0.525. The summed E-state index contributed by atoms with van der Waals surface area (Å²) >= 11 is 0. The molecule has 0 aromatic carbocycles. The predicted molar refractivity (Wildman–Crippen MR) is 57.8 cm³/mol. The molecule has 0 aromatic rings. The number of fused-ring (bicyclic) bond motifs is 1. The van der Waals surface area contributed by atoms with Crippen LogP contribution in [0.4, 0.5) is 0 Å². The van der Waals surface area contributed by atoms with Crippen LogP contribution in [-0.2, 0) is 14.2 Å². The molecule has 0 unspecified atom stereocenters.